The first-order chi connectivity index (χ1) is 13.3. The van der Waals surface area contributed by atoms with Crippen molar-refractivity contribution >= 4 is 15.9 Å². The summed E-state index contributed by atoms with van der Waals surface area (Å²) < 4.78 is 27.0. The van der Waals surface area contributed by atoms with Crippen molar-refractivity contribution in [1.29, 1.82) is 0 Å². The van der Waals surface area contributed by atoms with Gasteiger partial charge in [0.05, 0.1) is 10.9 Å². The van der Waals surface area contributed by atoms with Gasteiger partial charge in [-0.25, -0.2) is 8.42 Å². The summed E-state index contributed by atoms with van der Waals surface area (Å²) in [6, 6.07) is 12.4. The second kappa shape index (κ2) is 8.45. The minimum atomic E-state index is -3.54. The molecule has 0 aliphatic carbocycles. The fourth-order valence-electron chi connectivity index (χ4n) is 3.52. The van der Waals surface area contributed by atoms with Gasteiger partial charge < -0.3 is 5.32 Å². The minimum absolute atomic E-state index is 0.120. The molecular formula is C22H28N2O3S. The molecule has 0 radical (unpaired) electrons. The highest BCUT2D eigenvalue weighted by molar-refractivity contribution is 7.89. The van der Waals surface area contributed by atoms with Crippen molar-refractivity contribution in [3.63, 3.8) is 0 Å². The molecule has 1 atom stereocenters. The number of benzene rings is 2. The Morgan fingerprint density at radius 1 is 1.07 bits per heavy atom. The summed E-state index contributed by atoms with van der Waals surface area (Å²) in [7, 11) is -3.54. The lowest BCUT2D eigenvalue weighted by Gasteiger charge is -2.19. The molecule has 1 N–H and O–H groups in total. The smallest absolute Gasteiger partial charge is 0.251 e. The Kier molecular flexibility index (Phi) is 6.20. The van der Waals surface area contributed by atoms with Crippen LogP contribution in [-0.4, -0.2) is 31.7 Å². The maximum atomic E-state index is 12.8. The number of aryl methyl sites for hydroxylation is 2. The number of carbonyl (C=O) groups excluding carboxylic acids is 1. The fraction of sp³-hybridized carbons (Fsp3) is 0.409. The van der Waals surface area contributed by atoms with E-state index in [0.717, 1.165) is 24.8 Å². The van der Waals surface area contributed by atoms with E-state index < -0.39 is 10.0 Å². The van der Waals surface area contributed by atoms with Gasteiger partial charge in [-0.3, -0.25) is 4.79 Å². The first kappa shape index (κ1) is 20.6. The zero-order valence-corrected chi connectivity index (χ0v) is 17.6. The number of rotatable bonds is 6. The van der Waals surface area contributed by atoms with Crippen molar-refractivity contribution in [3.8, 4) is 0 Å². The Labute approximate surface area is 167 Å². The Morgan fingerprint density at radius 2 is 1.79 bits per heavy atom. The van der Waals surface area contributed by atoms with Crippen molar-refractivity contribution < 1.29 is 13.2 Å². The average Bonchev–Trinajstić information content (AvgIpc) is 3.24. The van der Waals surface area contributed by atoms with Gasteiger partial charge in [-0.05, 0) is 68.0 Å². The normalized spacial score (nSPS) is 16.1. The van der Waals surface area contributed by atoms with Crippen LogP contribution in [0.15, 0.2) is 47.4 Å². The van der Waals surface area contributed by atoms with E-state index in [1.54, 1.807) is 18.2 Å². The van der Waals surface area contributed by atoms with E-state index >= 15 is 0 Å². The van der Waals surface area contributed by atoms with Gasteiger partial charge in [0, 0.05) is 18.7 Å². The molecule has 1 aliphatic heterocycles. The Hall–Kier alpha value is -2.18. The lowest BCUT2D eigenvalue weighted by atomic mass is 9.99. The third-order valence-corrected chi connectivity index (χ3v) is 7.34. The van der Waals surface area contributed by atoms with E-state index in [0.29, 0.717) is 18.7 Å². The third-order valence-electron chi connectivity index (χ3n) is 5.45. The minimum Gasteiger partial charge on any atom is -0.345 e. The van der Waals surface area contributed by atoms with Gasteiger partial charge in [-0.15, -0.1) is 0 Å². The molecule has 1 fully saturated rings. The molecule has 150 valence electrons. The largest absolute Gasteiger partial charge is 0.345 e. The van der Waals surface area contributed by atoms with Gasteiger partial charge >= 0.3 is 0 Å². The van der Waals surface area contributed by atoms with Crippen LogP contribution in [0.25, 0.3) is 0 Å². The molecule has 6 heteroatoms. The summed E-state index contributed by atoms with van der Waals surface area (Å²) >= 11 is 0. The van der Waals surface area contributed by atoms with Crippen molar-refractivity contribution in [2.45, 2.75) is 51.0 Å². The van der Waals surface area contributed by atoms with E-state index in [9.17, 15) is 13.2 Å². The Balaban J connectivity index is 1.81. The van der Waals surface area contributed by atoms with E-state index in [-0.39, 0.29) is 16.8 Å². The molecule has 2 aromatic carbocycles. The van der Waals surface area contributed by atoms with Gasteiger partial charge in [0.15, 0.2) is 0 Å². The highest BCUT2D eigenvalue weighted by Crippen LogP contribution is 2.23. The highest BCUT2D eigenvalue weighted by atomic mass is 32.2. The fourth-order valence-corrected chi connectivity index (χ4v) is 5.08. The van der Waals surface area contributed by atoms with Crippen LogP contribution in [0.5, 0.6) is 0 Å². The van der Waals surface area contributed by atoms with Gasteiger partial charge in [0.25, 0.3) is 5.91 Å². The number of sulfonamides is 1. The van der Waals surface area contributed by atoms with Gasteiger partial charge in [-0.2, -0.15) is 4.31 Å². The summed E-state index contributed by atoms with van der Waals surface area (Å²) in [5.41, 5.74) is 3.82. The molecule has 1 unspecified atom stereocenters. The SMILES string of the molecule is CCC(NC(=O)c1cccc(S(=O)(=O)N2CCCC2)c1)c1ccc(C)c(C)c1. The third kappa shape index (κ3) is 4.28. The lowest BCUT2D eigenvalue weighted by molar-refractivity contribution is 0.0935. The molecule has 1 amide bonds. The van der Waals surface area contributed by atoms with Crippen LogP contribution in [0, 0.1) is 13.8 Å². The predicted octanol–water partition coefficient (Wildman–Crippen LogP) is 3.97. The number of carbonyl (C=O) groups is 1. The van der Waals surface area contributed by atoms with Gasteiger partial charge in [0.1, 0.15) is 0 Å². The summed E-state index contributed by atoms with van der Waals surface area (Å²) in [4.78, 5) is 13.0. The van der Waals surface area contributed by atoms with Crippen LogP contribution in [0.4, 0.5) is 0 Å². The molecule has 5 nitrogen and oxygen atoms in total. The molecule has 0 saturated carbocycles. The van der Waals surface area contributed by atoms with E-state index in [4.69, 9.17) is 0 Å². The van der Waals surface area contributed by atoms with Gasteiger partial charge in [0.2, 0.25) is 10.0 Å². The molecule has 0 spiro atoms. The number of nitrogens with zero attached hydrogens (tertiary/aromatic N) is 1. The number of hydrogen-bond donors (Lipinski definition) is 1. The molecule has 1 saturated heterocycles. The first-order valence-corrected chi connectivity index (χ1v) is 11.2. The molecule has 3 rings (SSSR count). The van der Waals surface area contributed by atoms with Gasteiger partial charge in [-0.1, -0.05) is 31.2 Å². The quantitative estimate of drug-likeness (QED) is 0.798. The second-order valence-electron chi connectivity index (χ2n) is 7.42. The van der Waals surface area contributed by atoms with E-state index in [1.807, 2.05) is 13.0 Å². The summed E-state index contributed by atoms with van der Waals surface area (Å²) in [6.45, 7) is 7.23. The molecule has 1 aliphatic rings. The van der Waals surface area contributed by atoms with Crippen molar-refractivity contribution in [3.05, 3.63) is 64.7 Å². The summed E-state index contributed by atoms with van der Waals surface area (Å²) in [6.07, 6.45) is 2.51. The Morgan fingerprint density at radius 3 is 2.43 bits per heavy atom. The van der Waals surface area contributed by atoms with Crippen molar-refractivity contribution in [2.24, 2.45) is 0 Å². The standard InChI is InChI=1S/C22H28N2O3S/c1-4-21(18-11-10-16(2)17(3)14-18)23-22(25)19-8-7-9-20(15-19)28(26,27)24-12-5-6-13-24/h7-11,14-15,21H,4-6,12-13H2,1-3H3,(H,23,25). The average molecular weight is 401 g/mol. The zero-order valence-electron chi connectivity index (χ0n) is 16.7. The zero-order chi connectivity index (χ0) is 20.3. The first-order valence-electron chi connectivity index (χ1n) is 9.81. The summed E-state index contributed by atoms with van der Waals surface area (Å²) in [5.74, 6) is -0.261. The van der Waals surface area contributed by atoms with Crippen LogP contribution in [-0.2, 0) is 10.0 Å². The van der Waals surface area contributed by atoms with E-state index in [2.05, 4.69) is 31.3 Å². The Bertz CT molecular complexity index is 963. The van der Waals surface area contributed by atoms with Crippen LogP contribution >= 0.6 is 0 Å². The van der Waals surface area contributed by atoms with E-state index in [1.165, 1.54) is 21.5 Å². The molecule has 0 aromatic heterocycles. The number of nitrogens with one attached hydrogen (secondary N) is 1. The van der Waals surface area contributed by atoms with Crippen LogP contribution < -0.4 is 5.32 Å². The summed E-state index contributed by atoms with van der Waals surface area (Å²) in [5, 5.41) is 3.05. The van der Waals surface area contributed by atoms with Crippen molar-refractivity contribution in [2.75, 3.05) is 13.1 Å². The highest BCUT2D eigenvalue weighted by Gasteiger charge is 2.27. The second-order valence-corrected chi connectivity index (χ2v) is 9.35. The predicted molar refractivity (Wildman–Crippen MR) is 111 cm³/mol. The molecule has 0 bridgehead atoms. The molecule has 28 heavy (non-hydrogen) atoms. The lowest BCUT2D eigenvalue weighted by Crippen LogP contribution is -2.30. The number of amides is 1. The van der Waals surface area contributed by atoms with Crippen LogP contribution in [0.3, 0.4) is 0 Å². The maximum absolute atomic E-state index is 12.8. The molecular weight excluding hydrogens is 372 g/mol. The van der Waals surface area contributed by atoms with Crippen molar-refractivity contribution in [1.82, 2.24) is 9.62 Å². The monoisotopic (exact) mass is 400 g/mol. The number of hydrogen-bond acceptors (Lipinski definition) is 3. The van der Waals surface area contributed by atoms with Crippen LogP contribution in [0.1, 0.15) is 59.3 Å². The maximum Gasteiger partial charge on any atom is 0.251 e. The molecule has 1 heterocycles. The topological polar surface area (TPSA) is 66.5 Å². The molecule has 2 aromatic rings. The van der Waals surface area contributed by atoms with Crippen LogP contribution in [0.2, 0.25) is 0 Å².